The van der Waals surface area contributed by atoms with Crippen molar-refractivity contribution in [1.82, 2.24) is 0 Å². The lowest BCUT2D eigenvalue weighted by Crippen LogP contribution is -2.55. The van der Waals surface area contributed by atoms with Gasteiger partial charge in [0.2, 0.25) is 5.54 Å². The van der Waals surface area contributed by atoms with Crippen molar-refractivity contribution in [2.75, 3.05) is 12.4 Å². The molecule has 0 amide bonds. The molecule has 6 heteroatoms. The Balaban J connectivity index is 0.000000249. The molecule has 1 heterocycles. The molecule has 0 saturated heterocycles. The molecule has 2 bridgehead atoms. The highest BCUT2D eigenvalue weighted by molar-refractivity contribution is 6.04. The Morgan fingerprint density at radius 3 is 2.27 bits per heavy atom. The SMILES string of the molecule is COC(=O)C(C)(N)C(=O)OC(C)(C)C.c1cc2cc(c1)NC2. The summed E-state index contributed by atoms with van der Waals surface area (Å²) >= 11 is 0. The number of hydrogen-bond acceptors (Lipinski definition) is 6. The van der Waals surface area contributed by atoms with Crippen LogP contribution in [0.4, 0.5) is 5.69 Å². The van der Waals surface area contributed by atoms with Crippen LogP contribution in [0, 0.1) is 0 Å². The van der Waals surface area contributed by atoms with Crippen molar-refractivity contribution >= 4 is 17.6 Å². The Bertz CT molecular complexity index is 528. The first-order valence-electron chi connectivity index (χ1n) is 7.00. The van der Waals surface area contributed by atoms with E-state index in [1.165, 1.54) is 18.2 Å². The number of methoxy groups -OCH3 is 1. The Labute approximate surface area is 131 Å². The van der Waals surface area contributed by atoms with Crippen LogP contribution >= 0.6 is 0 Å². The number of rotatable bonds is 2. The first-order chi connectivity index (χ1) is 10.1. The summed E-state index contributed by atoms with van der Waals surface area (Å²) in [4.78, 5) is 22.5. The van der Waals surface area contributed by atoms with E-state index in [4.69, 9.17) is 10.5 Å². The monoisotopic (exact) mass is 308 g/mol. The minimum Gasteiger partial charge on any atom is -0.467 e. The highest BCUT2D eigenvalue weighted by Gasteiger charge is 2.41. The van der Waals surface area contributed by atoms with Gasteiger partial charge in [-0.1, -0.05) is 12.1 Å². The average molecular weight is 308 g/mol. The molecule has 1 aliphatic rings. The van der Waals surface area contributed by atoms with Gasteiger partial charge >= 0.3 is 11.9 Å². The van der Waals surface area contributed by atoms with Crippen LogP contribution in [0.1, 0.15) is 33.3 Å². The second-order valence-corrected chi connectivity index (χ2v) is 6.25. The maximum atomic E-state index is 11.4. The van der Waals surface area contributed by atoms with E-state index in [9.17, 15) is 9.59 Å². The van der Waals surface area contributed by atoms with E-state index in [1.54, 1.807) is 20.8 Å². The summed E-state index contributed by atoms with van der Waals surface area (Å²) in [5.41, 5.74) is 5.69. The number of benzene rings is 1. The number of ether oxygens (including phenoxy) is 2. The third-order valence-corrected chi connectivity index (χ3v) is 2.86. The van der Waals surface area contributed by atoms with Gasteiger partial charge in [-0.15, -0.1) is 0 Å². The number of nitrogens with one attached hydrogen (secondary N) is 1. The van der Waals surface area contributed by atoms with Gasteiger partial charge in [0.15, 0.2) is 0 Å². The van der Waals surface area contributed by atoms with Crippen molar-refractivity contribution in [3.05, 3.63) is 29.8 Å². The van der Waals surface area contributed by atoms with Crippen LogP contribution in [0.25, 0.3) is 0 Å². The van der Waals surface area contributed by atoms with Gasteiger partial charge in [-0.2, -0.15) is 0 Å². The zero-order valence-corrected chi connectivity index (χ0v) is 13.7. The number of nitrogens with two attached hydrogens (primary N) is 1. The number of anilines is 1. The molecular weight excluding hydrogens is 284 g/mol. The molecule has 1 atom stereocenters. The standard InChI is InChI=1S/C9H17NO4.C7H7N/c1-8(2,3)14-7(12)9(4,10)6(11)13-5;1-2-6-4-7(3-1)8-5-6/h10H2,1-5H3;1-4,8H,5H2. The minimum atomic E-state index is -1.75. The lowest BCUT2D eigenvalue weighted by molar-refractivity contribution is -0.169. The number of hydrogen-bond donors (Lipinski definition) is 2. The summed E-state index contributed by atoms with van der Waals surface area (Å²) in [6.07, 6.45) is 0. The quantitative estimate of drug-likeness (QED) is 0.640. The third-order valence-electron chi connectivity index (χ3n) is 2.86. The number of fused-ring (bicyclic) bond motifs is 2. The van der Waals surface area contributed by atoms with Crippen molar-refractivity contribution in [1.29, 1.82) is 0 Å². The van der Waals surface area contributed by atoms with Gasteiger partial charge in [0.25, 0.3) is 0 Å². The molecule has 22 heavy (non-hydrogen) atoms. The predicted molar refractivity (Wildman–Crippen MR) is 84.2 cm³/mol. The van der Waals surface area contributed by atoms with Gasteiger partial charge in [0.1, 0.15) is 5.60 Å². The molecule has 2 rings (SSSR count). The van der Waals surface area contributed by atoms with Crippen molar-refractivity contribution in [3.8, 4) is 0 Å². The highest BCUT2D eigenvalue weighted by atomic mass is 16.6. The molecule has 0 aliphatic carbocycles. The third kappa shape index (κ3) is 5.04. The molecule has 122 valence electrons. The van der Waals surface area contributed by atoms with Crippen LogP contribution in [0.2, 0.25) is 0 Å². The maximum absolute atomic E-state index is 11.4. The van der Waals surface area contributed by atoms with Crippen molar-refractivity contribution in [2.45, 2.75) is 45.4 Å². The molecule has 1 aliphatic heterocycles. The van der Waals surface area contributed by atoms with Gasteiger partial charge in [0.05, 0.1) is 7.11 Å². The minimum absolute atomic E-state index is 0.675. The molecule has 0 radical (unpaired) electrons. The van der Waals surface area contributed by atoms with Gasteiger partial charge in [-0.05, 0) is 45.4 Å². The van der Waals surface area contributed by atoms with Crippen LogP contribution in [0.3, 0.4) is 0 Å². The number of esters is 2. The number of carbonyl (C=O) groups is 2. The van der Waals surface area contributed by atoms with E-state index >= 15 is 0 Å². The summed E-state index contributed by atoms with van der Waals surface area (Å²) < 4.78 is 9.35. The molecule has 0 saturated carbocycles. The topological polar surface area (TPSA) is 90.7 Å². The molecule has 1 aromatic carbocycles. The first-order valence-corrected chi connectivity index (χ1v) is 7.00. The summed E-state index contributed by atoms with van der Waals surface area (Å²) in [5.74, 6) is -1.61. The average Bonchev–Trinajstić information content (AvgIpc) is 2.75. The van der Waals surface area contributed by atoms with Crippen LogP contribution in [0.5, 0.6) is 0 Å². The van der Waals surface area contributed by atoms with Crippen molar-refractivity contribution < 1.29 is 19.1 Å². The lowest BCUT2D eigenvalue weighted by atomic mass is 10.0. The van der Waals surface area contributed by atoms with E-state index < -0.39 is 23.1 Å². The van der Waals surface area contributed by atoms with Gasteiger partial charge < -0.3 is 20.5 Å². The summed E-state index contributed by atoms with van der Waals surface area (Å²) in [6.45, 7) is 7.35. The van der Waals surface area contributed by atoms with Crippen LogP contribution in [-0.2, 0) is 25.6 Å². The van der Waals surface area contributed by atoms with Crippen molar-refractivity contribution in [3.63, 3.8) is 0 Å². The largest absolute Gasteiger partial charge is 0.467 e. The van der Waals surface area contributed by atoms with E-state index in [2.05, 4.69) is 34.3 Å². The van der Waals surface area contributed by atoms with E-state index in [1.807, 2.05) is 0 Å². The molecule has 6 nitrogen and oxygen atoms in total. The molecule has 0 fully saturated rings. The molecule has 0 aromatic heterocycles. The fourth-order valence-electron chi connectivity index (χ4n) is 1.67. The molecular formula is C16H24N2O4. The van der Waals surface area contributed by atoms with E-state index in [0.29, 0.717) is 0 Å². The second kappa shape index (κ2) is 6.79. The van der Waals surface area contributed by atoms with Crippen LogP contribution in [-0.4, -0.2) is 30.2 Å². The zero-order chi connectivity index (χ0) is 17.0. The zero-order valence-electron chi connectivity index (χ0n) is 13.7. The molecule has 3 N–H and O–H groups in total. The van der Waals surface area contributed by atoms with Crippen LogP contribution < -0.4 is 11.1 Å². The second-order valence-electron chi connectivity index (χ2n) is 6.25. The smallest absolute Gasteiger partial charge is 0.338 e. The van der Waals surface area contributed by atoms with Gasteiger partial charge in [0, 0.05) is 12.2 Å². The van der Waals surface area contributed by atoms with Crippen molar-refractivity contribution in [2.24, 2.45) is 5.73 Å². The fourth-order valence-corrected chi connectivity index (χ4v) is 1.67. The Morgan fingerprint density at radius 1 is 1.18 bits per heavy atom. The first kappa shape index (κ1) is 18.0. The van der Waals surface area contributed by atoms with E-state index in [-0.39, 0.29) is 0 Å². The maximum Gasteiger partial charge on any atom is 0.338 e. The summed E-state index contributed by atoms with van der Waals surface area (Å²) in [7, 11) is 1.16. The molecule has 0 spiro atoms. The Kier molecular flexibility index (Phi) is 5.54. The Morgan fingerprint density at radius 2 is 1.82 bits per heavy atom. The Hall–Kier alpha value is -2.08. The number of carbonyl (C=O) groups excluding carboxylic acids is 2. The fraction of sp³-hybridized carbons (Fsp3) is 0.500. The molecule has 1 unspecified atom stereocenters. The van der Waals surface area contributed by atoms with E-state index in [0.717, 1.165) is 13.7 Å². The van der Waals surface area contributed by atoms with Crippen LogP contribution in [0.15, 0.2) is 24.3 Å². The van der Waals surface area contributed by atoms with Gasteiger partial charge in [-0.25, -0.2) is 9.59 Å². The van der Waals surface area contributed by atoms with Gasteiger partial charge in [-0.3, -0.25) is 0 Å². The normalized spacial score (nSPS) is 14.8. The summed E-state index contributed by atoms with van der Waals surface area (Å²) in [6, 6.07) is 8.45. The lowest BCUT2D eigenvalue weighted by Gasteiger charge is -2.26. The molecule has 1 aromatic rings. The predicted octanol–water partition coefficient (Wildman–Crippen LogP) is 1.83. The highest BCUT2D eigenvalue weighted by Crippen LogP contribution is 2.17. The summed E-state index contributed by atoms with van der Waals surface area (Å²) in [5, 5.41) is 3.22.